The van der Waals surface area contributed by atoms with Gasteiger partial charge in [0, 0.05) is 21.2 Å². The van der Waals surface area contributed by atoms with Crippen LogP contribution in [0.2, 0.25) is 10.0 Å². The lowest BCUT2D eigenvalue weighted by atomic mass is 9.86. The van der Waals surface area contributed by atoms with Gasteiger partial charge < -0.3 is 10.8 Å². The van der Waals surface area contributed by atoms with Crippen LogP contribution in [0.5, 0.6) is 0 Å². The Morgan fingerprint density at radius 2 is 1.79 bits per heavy atom. The molecule has 0 bridgehead atoms. The molecule has 0 saturated carbocycles. The van der Waals surface area contributed by atoms with Gasteiger partial charge in [0.2, 0.25) is 0 Å². The van der Waals surface area contributed by atoms with Crippen LogP contribution in [-0.4, -0.2) is 10.9 Å². The fourth-order valence-electron chi connectivity index (χ4n) is 2.28. The maximum atomic E-state index is 11.0. The van der Waals surface area contributed by atoms with E-state index >= 15 is 0 Å². The highest BCUT2D eigenvalue weighted by atomic mass is 35.5. The molecule has 1 heterocycles. The monoisotopic (exact) mass is 292 g/mol. The molecule has 0 aromatic heterocycles. The first-order chi connectivity index (χ1) is 9.03. The summed E-state index contributed by atoms with van der Waals surface area (Å²) in [6.07, 6.45) is 0. The van der Waals surface area contributed by atoms with Gasteiger partial charge in [0.25, 0.3) is 0 Å². The maximum absolute atomic E-state index is 11.0. The van der Waals surface area contributed by atoms with Crippen LogP contribution in [0, 0.1) is 0 Å². The molecule has 3 N–H and O–H groups in total. The van der Waals surface area contributed by atoms with Crippen molar-refractivity contribution in [3.8, 4) is 0 Å². The average molecular weight is 293 g/mol. The van der Waals surface area contributed by atoms with E-state index in [1.807, 2.05) is 0 Å². The number of halogens is 2. The molecule has 5 heteroatoms. The SMILES string of the molecule is NC1=Nc2ccc(Cl)cc2C1(O)c1ccccc1Cl. The minimum absolute atomic E-state index is 0.0952. The van der Waals surface area contributed by atoms with Gasteiger partial charge in [0.15, 0.2) is 5.60 Å². The fraction of sp³-hybridized carbons (Fsp3) is 0.0714. The van der Waals surface area contributed by atoms with Crippen molar-refractivity contribution >= 4 is 34.7 Å². The molecule has 1 aliphatic rings. The third kappa shape index (κ3) is 1.74. The summed E-state index contributed by atoms with van der Waals surface area (Å²) in [6, 6.07) is 12.1. The van der Waals surface area contributed by atoms with E-state index in [0.717, 1.165) is 0 Å². The molecule has 1 aliphatic heterocycles. The zero-order chi connectivity index (χ0) is 13.6. The molecule has 3 rings (SSSR count). The number of nitrogens with zero attached hydrogens (tertiary/aromatic N) is 1. The van der Waals surface area contributed by atoms with Gasteiger partial charge >= 0.3 is 0 Å². The van der Waals surface area contributed by atoms with Gasteiger partial charge in [-0.25, -0.2) is 4.99 Å². The predicted molar refractivity (Wildman–Crippen MR) is 77.2 cm³/mol. The van der Waals surface area contributed by atoms with Gasteiger partial charge in [-0.05, 0) is 24.3 Å². The third-order valence-electron chi connectivity index (χ3n) is 3.22. The first-order valence-electron chi connectivity index (χ1n) is 5.65. The highest BCUT2D eigenvalue weighted by Gasteiger charge is 2.43. The molecule has 0 saturated heterocycles. The molecule has 0 fully saturated rings. The predicted octanol–water partition coefficient (Wildman–Crippen LogP) is 3.23. The van der Waals surface area contributed by atoms with Crippen LogP contribution < -0.4 is 5.73 Å². The topological polar surface area (TPSA) is 58.6 Å². The van der Waals surface area contributed by atoms with Crippen LogP contribution in [-0.2, 0) is 5.60 Å². The van der Waals surface area contributed by atoms with Crippen molar-refractivity contribution in [2.24, 2.45) is 10.7 Å². The van der Waals surface area contributed by atoms with Gasteiger partial charge in [-0.15, -0.1) is 0 Å². The molecule has 19 heavy (non-hydrogen) atoms. The lowest BCUT2D eigenvalue weighted by Crippen LogP contribution is -2.39. The van der Waals surface area contributed by atoms with E-state index in [1.165, 1.54) is 0 Å². The molecule has 0 aliphatic carbocycles. The average Bonchev–Trinajstić information content (AvgIpc) is 2.64. The zero-order valence-electron chi connectivity index (χ0n) is 9.77. The normalized spacial score (nSPS) is 21.1. The summed E-state index contributed by atoms with van der Waals surface area (Å²) in [5, 5.41) is 11.9. The highest BCUT2D eigenvalue weighted by molar-refractivity contribution is 6.32. The Morgan fingerprint density at radius 3 is 2.53 bits per heavy atom. The Balaban J connectivity index is 2.29. The van der Waals surface area contributed by atoms with Crippen LogP contribution >= 0.6 is 23.2 Å². The zero-order valence-corrected chi connectivity index (χ0v) is 11.3. The van der Waals surface area contributed by atoms with Crippen LogP contribution in [0.15, 0.2) is 47.5 Å². The summed E-state index contributed by atoms with van der Waals surface area (Å²) in [7, 11) is 0. The number of fused-ring (bicyclic) bond motifs is 1. The molecule has 2 aromatic rings. The van der Waals surface area contributed by atoms with Crippen molar-refractivity contribution in [2.45, 2.75) is 5.60 Å². The number of hydrogen-bond acceptors (Lipinski definition) is 3. The lowest BCUT2D eigenvalue weighted by molar-refractivity contribution is 0.158. The summed E-state index contributed by atoms with van der Waals surface area (Å²) in [4.78, 5) is 4.19. The second-order valence-electron chi connectivity index (χ2n) is 4.35. The summed E-state index contributed by atoms with van der Waals surface area (Å²) >= 11 is 12.2. The van der Waals surface area contributed by atoms with Gasteiger partial charge in [0.1, 0.15) is 5.84 Å². The van der Waals surface area contributed by atoms with Crippen molar-refractivity contribution in [1.82, 2.24) is 0 Å². The maximum Gasteiger partial charge on any atom is 0.176 e. The largest absolute Gasteiger partial charge is 0.384 e. The molecular weight excluding hydrogens is 283 g/mol. The Morgan fingerprint density at radius 1 is 1.05 bits per heavy atom. The lowest BCUT2D eigenvalue weighted by Gasteiger charge is -2.25. The van der Waals surface area contributed by atoms with Gasteiger partial charge in [-0.3, -0.25) is 0 Å². The van der Waals surface area contributed by atoms with E-state index in [2.05, 4.69) is 4.99 Å². The molecule has 1 unspecified atom stereocenters. The van der Waals surface area contributed by atoms with Crippen LogP contribution in [0.4, 0.5) is 5.69 Å². The molecule has 0 amide bonds. The van der Waals surface area contributed by atoms with Crippen molar-refractivity contribution in [1.29, 1.82) is 0 Å². The summed E-state index contributed by atoms with van der Waals surface area (Å²) in [5.41, 5.74) is 6.03. The van der Waals surface area contributed by atoms with Gasteiger partial charge in [-0.1, -0.05) is 41.4 Å². The fourth-order valence-corrected chi connectivity index (χ4v) is 2.73. The number of aliphatic hydroxyl groups is 1. The third-order valence-corrected chi connectivity index (χ3v) is 3.79. The number of amidine groups is 1. The number of aliphatic imine (C=N–C) groups is 1. The minimum atomic E-state index is -1.53. The van der Waals surface area contributed by atoms with Gasteiger partial charge in [-0.2, -0.15) is 0 Å². The van der Waals surface area contributed by atoms with Crippen LogP contribution in [0.25, 0.3) is 0 Å². The standard InChI is InChI=1S/C14H10Cl2N2O/c15-8-5-6-12-10(7-8)14(19,13(17)18-12)9-3-1-2-4-11(9)16/h1-7,19H,(H2,17,18). The number of rotatable bonds is 1. The van der Waals surface area contributed by atoms with Gasteiger partial charge in [0.05, 0.1) is 5.69 Å². The molecular formula is C14H10Cl2N2O. The van der Waals surface area contributed by atoms with E-state index in [1.54, 1.807) is 42.5 Å². The van der Waals surface area contributed by atoms with E-state index in [0.29, 0.717) is 26.9 Å². The van der Waals surface area contributed by atoms with E-state index in [4.69, 9.17) is 28.9 Å². The minimum Gasteiger partial charge on any atom is -0.384 e. The highest BCUT2D eigenvalue weighted by Crippen LogP contribution is 2.44. The molecule has 1 atom stereocenters. The Bertz CT molecular complexity index is 700. The Hall–Kier alpha value is -1.55. The van der Waals surface area contributed by atoms with E-state index in [9.17, 15) is 5.11 Å². The molecule has 3 nitrogen and oxygen atoms in total. The van der Waals surface area contributed by atoms with Crippen LogP contribution in [0.3, 0.4) is 0 Å². The molecule has 96 valence electrons. The first kappa shape index (κ1) is 12.5. The summed E-state index contributed by atoms with van der Waals surface area (Å²) < 4.78 is 0. The van der Waals surface area contributed by atoms with Crippen molar-refractivity contribution in [3.63, 3.8) is 0 Å². The summed E-state index contributed by atoms with van der Waals surface area (Å²) in [5.74, 6) is 0.0952. The first-order valence-corrected chi connectivity index (χ1v) is 6.41. The number of benzene rings is 2. The molecule has 2 aromatic carbocycles. The molecule has 0 spiro atoms. The van der Waals surface area contributed by atoms with E-state index in [-0.39, 0.29) is 5.84 Å². The van der Waals surface area contributed by atoms with Crippen molar-refractivity contribution < 1.29 is 5.11 Å². The Kier molecular flexibility index (Phi) is 2.78. The summed E-state index contributed by atoms with van der Waals surface area (Å²) in [6.45, 7) is 0. The number of nitrogens with two attached hydrogens (primary N) is 1. The Labute approximate surface area is 120 Å². The van der Waals surface area contributed by atoms with Crippen molar-refractivity contribution in [2.75, 3.05) is 0 Å². The quantitative estimate of drug-likeness (QED) is 0.848. The van der Waals surface area contributed by atoms with Crippen molar-refractivity contribution in [3.05, 3.63) is 63.6 Å². The number of hydrogen-bond donors (Lipinski definition) is 2. The second kappa shape index (κ2) is 4.23. The molecule has 0 radical (unpaired) electrons. The van der Waals surface area contributed by atoms with E-state index < -0.39 is 5.60 Å². The van der Waals surface area contributed by atoms with Crippen LogP contribution in [0.1, 0.15) is 11.1 Å². The second-order valence-corrected chi connectivity index (χ2v) is 5.19. The smallest absolute Gasteiger partial charge is 0.176 e.